The van der Waals surface area contributed by atoms with Crippen molar-refractivity contribution in [2.24, 2.45) is 0 Å². The first-order valence-corrected chi connectivity index (χ1v) is 5.73. The van der Waals surface area contributed by atoms with Gasteiger partial charge >= 0.3 is 5.97 Å². The van der Waals surface area contributed by atoms with Crippen molar-refractivity contribution in [3.8, 4) is 5.75 Å². The molecule has 1 atom stereocenters. The molecular weight excluding hydrogens is 234 g/mol. The van der Waals surface area contributed by atoms with Crippen LogP contribution in [0.15, 0.2) is 12.1 Å². The van der Waals surface area contributed by atoms with Crippen LogP contribution in [0.1, 0.15) is 16.7 Å². The number of aryl methyl sites for hydroxylation is 2. The van der Waals surface area contributed by atoms with Crippen molar-refractivity contribution in [1.29, 1.82) is 0 Å². The normalized spacial score (nSPS) is 16.9. The summed E-state index contributed by atoms with van der Waals surface area (Å²) in [6, 6.07) is 3.92. The van der Waals surface area contributed by atoms with E-state index in [9.17, 15) is 9.59 Å². The molecule has 2 N–H and O–H groups in total. The average molecular weight is 249 g/mol. The SMILES string of the molecule is Cc1cc2c(cc1C)OC(C(=O)NCC(=O)O)C2. The summed E-state index contributed by atoms with van der Waals surface area (Å²) in [4.78, 5) is 22.1. The first-order chi connectivity index (χ1) is 8.47. The number of carboxylic acid groups (broad SMARTS) is 1. The van der Waals surface area contributed by atoms with E-state index in [2.05, 4.69) is 5.32 Å². The molecule has 0 saturated carbocycles. The summed E-state index contributed by atoms with van der Waals surface area (Å²) in [5, 5.41) is 10.8. The Hall–Kier alpha value is -2.04. The van der Waals surface area contributed by atoms with E-state index in [0.717, 1.165) is 16.7 Å². The van der Waals surface area contributed by atoms with E-state index in [4.69, 9.17) is 9.84 Å². The van der Waals surface area contributed by atoms with Gasteiger partial charge in [0.05, 0.1) is 0 Å². The number of amides is 1. The molecule has 18 heavy (non-hydrogen) atoms. The van der Waals surface area contributed by atoms with Crippen LogP contribution >= 0.6 is 0 Å². The van der Waals surface area contributed by atoms with Crippen LogP contribution in [0.3, 0.4) is 0 Å². The molecule has 5 heteroatoms. The zero-order chi connectivity index (χ0) is 13.3. The number of hydrogen-bond donors (Lipinski definition) is 2. The summed E-state index contributed by atoms with van der Waals surface area (Å²) >= 11 is 0. The van der Waals surface area contributed by atoms with Crippen LogP contribution in [0.5, 0.6) is 5.75 Å². The maximum Gasteiger partial charge on any atom is 0.322 e. The molecule has 96 valence electrons. The minimum Gasteiger partial charge on any atom is -0.480 e. The van der Waals surface area contributed by atoms with Gasteiger partial charge in [-0.25, -0.2) is 0 Å². The molecule has 2 rings (SSSR count). The first kappa shape index (κ1) is 12.4. The van der Waals surface area contributed by atoms with Gasteiger partial charge in [-0.1, -0.05) is 6.07 Å². The lowest BCUT2D eigenvalue weighted by Crippen LogP contribution is -2.39. The molecule has 0 radical (unpaired) electrons. The second kappa shape index (κ2) is 4.68. The van der Waals surface area contributed by atoms with Crippen LogP contribution in [0.2, 0.25) is 0 Å². The molecule has 1 aromatic carbocycles. The molecule has 1 aromatic rings. The van der Waals surface area contributed by atoms with Crippen molar-refractivity contribution < 1.29 is 19.4 Å². The molecule has 0 aliphatic carbocycles. The van der Waals surface area contributed by atoms with Gasteiger partial charge in [0.15, 0.2) is 6.10 Å². The minimum atomic E-state index is -1.06. The molecule has 0 fully saturated rings. The molecule has 0 saturated heterocycles. The predicted molar refractivity (Wildman–Crippen MR) is 64.7 cm³/mol. The fourth-order valence-electron chi connectivity index (χ4n) is 1.94. The molecule has 5 nitrogen and oxygen atoms in total. The highest BCUT2D eigenvalue weighted by Crippen LogP contribution is 2.31. The van der Waals surface area contributed by atoms with Gasteiger partial charge in [-0.2, -0.15) is 0 Å². The molecule has 1 aliphatic heterocycles. The lowest BCUT2D eigenvalue weighted by molar-refractivity contribution is -0.139. The van der Waals surface area contributed by atoms with E-state index in [1.807, 2.05) is 26.0 Å². The third kappa shape index (κ3) is 2.45. The Morgan fingerprint density at radius 1 is 1.39 bits per heavy atom. The van der Waals surface area contributed by atoms with E-state index < -0.39 is 12.1 Å². The van der Waals surface area contributed by atoms with Crippen LogP contribution in [-0.2, 0) is 16.0 Å². The van der Waals surface area contributed by atoms with Crippen LogP contribution in [0.4, 0.5) is 0 Å². The number of carboxylic acids is 1. The predicted octanol–water partition coefficient (Wildman–Crippen LogP) is 0.808. The Bertz CT molecular complexity index is 479. The lowest BCUT2D eigenvalue weighted by atomic mass is 10.0. The Morgan fingerprint density at radius 2 is 2.06 bits per heavy atom. The number of carbonyl (C=O) groups is 2. The van der Waals surface area contributed by atoms with Gasteiger partial charge in [-0.05, 0) is 36.6 Å². The largest absolute Gasteiger partial charge is 0.480 e. The van der Waals surface area contributed by atoms with E-state index in [0.29, 0.717) is 12.2 Å². The number of carbonyl (C=O) groups excluding carboxylic acids is 1. The zero-order valence-electron chi connectivity index (χ0n) is 10.3. The highest BCUT2D eigenvalue weighted by molar-refractivity contribution is 5.85. The Morgan fingerprint density at radius 3 is 2.72 bits per heavy atom. The number of rotatable bonds is 3. The molecule has 1 heterocycles. The molecule has 0 spiro atoms. The fraction of sp³-hybridized carbons (Fsp3) is 0.385. The molecular formula is C13H15NO4. The van der Waals surface area contributed by atoms with Crippen molar-refractivity contribution in [1.82, 2.24) is 5.32 Å². The van der Waals surface area contributed by atoms with Crippen molar-refractivity contribution in [2.45, 2.75) is 26.4 Å². The van der Waals surface area contributed by atoms with Crippen LogP contribution in [0.25, 0.3) is 0 Å². The highest BCUT2D eigenvalue weighted by atomic mass is 16.5. The second-order valence-electron chi connectivity index (χ2n) is 4.47. The van der Waals surface area contributed by atoms with Gasteiger partial charge in [-0.3, -0.25) is 9.59 Å². The van der Waals surface area contributed by atoms with Crippen molar-refractivity contribution in [3.63, 3.8) is 0 Å². The van der Waals surface area contributed by atoms with Gasteiger partial charge in [-0.15, -0.1) is 0 Å². The molecule has 1 aliphatic rings. The van der Waals surface area contributed by atoms with Gasteiger partial charge in [0.1, 0.15) is 12.3 Å². The van der Waals surface area contributed by atoms with Crippen LogP contribution < -0.4 is 10.1 Å². The third-order valence-corrected chi connectivity index (χ3v) is 3.06. The molecule has 0 aromatic heterocycles. The maximum atomic E-state index is 11.7. The molecule has 1 unspecified atom stereocenters. The number of aliphatic carboxylic acids is 1. The van der Waals surface area contributed by atoms with Gasteiger partial charge in [0.2, 0.25) is 0 Å². The summed E-state index contributed by atoms with van der Waals surface area (Å²) < 4.78 is 5.53. The number of hydrogen-bond acceptors (Lipinski definition) is 3. The topological polar surface area (TPSA) is 75.6 Å². The van der Waals surface area contributed by atoms with Crippen molar-refractivity contribution in [3.05, 3.63) is 28.8 Å². The lowest BCUT2D eigenvalue weighted by Gasteiger charge is -2.09. The summed E-state index contributed by atoms with van der Waals surface area (Å²) in [7, 11) is 0. The summed E-state index contributed by atoms with van der Waals surface area (Å²) in [6.07, 6.45) is -0.136. The van der Waals surface area contributed by atoms with Gasteiger partial charge in [0, 0.05) is 6.42 Å². The quantitative estimate of drug-likeness (QED) is 0.831. The van der Waals surface area contributed by atoms with Crippen molar-refractivity contribution in [2.75, 3.05) is 6.54 Å². The zero-order valence-corrected chi connectivity index (χ0v) is 10.3. The first-order valence-electron chi connectivity index (χ1n) is 5.73. The van der Waals surface area contributed by atoms with Gasteiger partial charge in [0.25, 0.3) is 5.91 Å². The summed E-state index contributed by atoms with van der Waals surface area (Å²) in [5.74, 6) is -0.733. The van der Waals surface area contributed by atoms with Crippen LogP contribution in [-0.4, -0.2) is 29.6 Å². The fourth-order valence-corrected chi connectivity index (χ4v) is 1.94. The standard InChI is InChI=1S/C13H15NO4/c1-7-3-9-5-11(13(17)14-6-12(15)16)18-10(9)4-8(7)2/h3-4,11H,5-6H2,1-2H3,(H,14,17)(H,15,16). The molecule has 1 amide bonds. The Kier molecular flexibility index (Phi) is 3.23. The smallest absolute Gasteiger partial charge is 0.322 e. The van der Waals surface area contributed by atoms with Crippen molar-refractivity contribution >= 4 is 11.9 Å². The van der Waals surface area contributed by atoms with E-state index in [1.165, 1.54) is 0 Å². The summed E-state index contributed by atoms with van der Waals surface area (Å²) in [6.45, 7) is 3.61. The highest BCUT2D eigenvalue weighted by Gasteiger charge is 2.29. The van der Waals surface area contributed by atoms with Gasteiger partial charge < -0.3 is 15.2 Å². The number of fused-ring (bicyclic) bond motifs is 1. The number of benzene rings is 1. The number of ether oxygens (including phenoxy) is 1. The van der Waals surface area contributed by atoms with E-state index in [1.54, 1.807) is 0 Å². The van der Waals surface area contributed by atoms with E-state index >= 15 is 0 Å². The maximum absolute atomic E-state index is 11.7. The number of nitrogens with one attached hydrogen (secondary N) is 1. The monoisotopic (exact) mass is 249 g/mol. The minimum absolute atomic E-state index is 0.382. The van der Waals surface area contributed by atoms with Crippen LogP contribution in [0, 0.1) is 13.8 Å². The molecule has 0 bridgehead atoms. The Balaban J connectivity index is 2.05. The third-order valence-electron chi connectivity index (χ3n) is 3.06. The average Bonchev–Trinajstić information content (AvgIpc) is 2.69. The second-order valence-corrected chi connectivity index (χ2v) is 4.47. The van der Waals surface area contributed by atoms with E-state index in [-0.39, 0.29) is 12.5 Å². The Labute approximate surface area is 105 Å². The summed E-state index contributed by atoms with van der Waals surface area (Å²) in [5.41, 5.74) is 3.26.